The van der Waals surface area contributed by atoms with Crippen LogP contribution in [0.1, 0.15) is 18.9 Å². The molecule has 1 aliphatic rings. The van der Waals surface area contributed by atoms with Crippen LogP contribution in [0.3, 0.4) is 0 Å². The minimum Gasteiger partial charge on any atom is -0.207 e. The number of sulfonamides is 1. The second-order valence-electron chi connectivity index (χ2n) is 4.65. The first kappa shape index (κ1) is 16.1. The summed E-state index contributed by atoms with van der Waals surface area (Å²) in [5.41, 5.74) is 0.444. The zero-order valence-corrected chi connectivity index (χ0v) is 13.6. The maximum atomic E-state index is 13.4. The van der Waals surface area contributed by atoms with Crippen molar-refractivity contribution in [1.82, 2.24) is 4.31 Å². The van der Waals surface area contributed by atoms with Gasteiger partial charge in [-0.2, -0.15) is 16.1 Å². The molecule has 112 valence electrons. The van der Waals surface area contributed by atoms with Crippen LogP contribution in [0.15, 0.2) is 23.1 Å². The van der Waals surface area contributed by atoms with Crippen molar-refractivity contribution in [1.29, 1.82) is 0 Å². The minimum atomic E-state index is -3.67. The third kappa shape index (κ3) is 3.30. The second-order valence-corrected chi connectivity index (χ2v) is 8.23. The lowest BCUT2D eigenvalue weighted by molar-refractivity contribution is 0.415. The molecule has 3 nitrogen and oxygen atoms in total. The lowest BCUT2D eigenvalue weighted by Gasteiger charge is -2.31. The lowest BCUT2D eigenvalue weighted by Crippen LogP contribution is -2.42. The fourth-order valence-corrected chi connectivity index (χ4v) is 5.60. The van der Waals surface area contributed by atoms with E-state index in [0.29, 0.717) is 23.9 Å². The Bertz CT molecular complexity index is 580. The van der Waals surface area contributed by atoms with Gasteiger partial charge in [0, 0.05) is 30.0 Å². The summed E-state index contributed by atoms with van der Waals surface area (Å²) in [6, 6.07) is 3.73. The predicted molar refractivity (Wildman–Crippen MR) is 81.3 cm³/mol. The monoisotopic (exact) mass is 337 g/mol. The zero-order chi connectivity index (χ0) is 14.8. The lowest BCUT2D eigenvalue weighted by atomic mass is 10.2. The summed E-state index contributed by atoms with van der Waals surface area (Å²) in [6.45, 7) is 2.98. The van der Waals surface area contributed by atoms with E-state index >= 15 is 0 Å². The molecular weight excluding hydrogens is 321 g/mol. The third-order valence-electron chi connectivity index (χ3n) is 3.35. The summed E-state index contributed by atoms with van der Waals surface area (Å²) < 4.78 is 40.2. The Morgan fingerprint density at radius 2 is 2.25 bits per heavy atom. The van der Waals surface area contributed by atoms with Gasteiger partial charge < -0.3 is 0 Å². The summed E-state index contributed by atoms with van der Waals surface area (Å²) >= 11 is 7.56. The average molecular weight is 338 g/mol. The predicted octanol–water partition coefficient (Wildman–Crippen LogP) is 3.08. The molecule has 7 heteroatoms. The van der Waals surface area contributed by atoms with Crippen LogP contribution < -0.4 is 0 Å². The largest absolute Gasteiger partial charge is 0.243 e. The smallest absolute Gasteiger partial charge is 0.207 e. The van der Waals surface area contributed by atoms with Crippen molar-refractivity contribution in [3.05, 3.63) is 29.6 Å². The molecule has 0 amide bonds. The number of hydrogen-bond acceptors (Lipinski definition) is 3. The standard InChI is InChI=1S/C13H17ClFNO2S2/c1-2-12-9-16(5-6-19-12)20(17,18)13-7-11(15)4-3-10(13)8-14/h3-4,7,12H,2,5-6,8-9H2,1H3. The van der Waals surface area contributed by atoms with Gasteiger partial charge in [0.05, 0.1) is 4.90 Å². The number of thioether (sulfide) groups is 1. The highest BCUT2D eigenvalue weighted by Crippen LogP contribution is 2.28. The molecule has 1 unspecified atom stereocenters. The Morgan fingerprint density at radius 3 is 2.90 bits per heavy atom. The minimum absolute atomic E-state index is 0.00532. The van der Waals surface area contributed by atoms with E-state index in [-0.39, 0.29) is 10.8 Å². The Kier molecular flexibility index (Phi) is 5.34. The molecule has 0 spiro atoms. The van der Waals surface area contributed by atoms with Crippen molar-refractivity contribution >= 4 is 33.4 Å². The molecule has 0 aromatic heterocycles. The van der Waals surface area contributed by atoms with Crippen LogP contribution in [-0.4, -0.2) is 36.8 Å². The molecule has 1 atom stereocenters. The molecule has 1 heterocycles. The molecule has 0 saturated carbocycles. The molecule has 1 fully saturated rings. The van der Waals surface area contributed by atoms with Gasteiger partial charge in [0.15, 0.2) is 0 Å². The van der Waals surface area contributed by atoms with E-state index < -0.39 is 15.8 Å². The number of alkyl halides is 1. The maximum absolute atomic E-state index is 13.4. The molecule has 0 radical (unpaired) electrons. The van der Waals surface area contributed by atoms with E-state index in [9.17, 15) is 12.8 Å². The topological polar surface area (TPSA) is 37.4 Å². The molecule has 1 aliphatic heterocycles. The summed E-state index contributed by atoms with van der Waals surface area (Å²) in [5.74, 6) is 0.258. The van der Waals surface area contributed by atoms with Crippen LogP contribution in [0.4, 0.5) is 4.39 Å². The van der Waals surface area contributed by atoms with Gasteiger partial charge in [-0.15, -0.1) is 11.6 Å². The van der Waals surface area contributed by atoms with E-state index in [1.54, 1.807) is 11.8 Å². The molecule has 20 heavy (non-hydrogen) atoms. The van der Waals surface area contributed by atoms with Crippen molar-refractivity contribution in [2.75, 3.05) is 18.8 Å². The quantitative estimate of drug-likeness (QED) is 0.792. The van der Waals surface area contributed by atoms with Crippen molar-refractivity contribution in [2.24, 2.45) is 0 Å². The van der Waals surface area contributed by atoms with Gasteiger partial charge in [0.1, 0.15) is 5.82 Å². The van der Waals surface area contributed by atoms with E-state index in [4.69, 9.17) is 11.6 Å². The number of halogens is 2. The molecule has 0 bridgehead atoms. The van der Waals surface area contributed by atoms with E-state index in [2.05, 4.69) is 0 Å². The number of nitrogens with zero attached hydrogens (tertiary/aromatic N) is 1. The summed E-state index contributed by atoms with van der Waals surface area (Å²) in [7, 11) is -3.67. The van der Waals surface area contributed by atoms with Crippen LogP contribution >= 0.6 is 23.4 Å². The number of benzene rings is 1. The molecular formula is C13H17ClFNO2S2. The first-order valence-electron chi connectivity index (χ1n) is 6.45. The Labute approximate surface area is 128 Å². The summed E-state index contributed by atoms with van der Waals surface area (Å²) in [6.07, 6.45) is 0.919. The molecule has 1 saturated heterocycles. The summed E-state index contributed by atoms with van der Waals surface area (Å²) in [4.78, 5) is -0.00532. The van der Waals surface area contributed by atoms with Gasteiger partial charge in [-0.05, 0) is 24.1 Å². The van der Waals surface area contributed by atoms with Gasteiger partial charge in [0.2, 0.25) is 10.0 Å². The SMILES string of the molecule is CCC1CN(S(=O)(=O)c2cc(F)ccc2CCl)CCS1. The molecule has 1 aromatic carbocycles. The van der Waals surface area contributed by atoms with Crippen LogP contribution in [0.5, 0.6) is 0 Å². The number of hydrogen-bond donors (Lipinski definition) is 0. The van der Waals surface area contributed by atoms with Gasteiger partial charge in [0.25, 0.3) is 0 Å². The number of rotatable bonds is 4. The van der Waals surface area contributed by atoms with Gasteiger partial charge >= 0.3 is 0 Å². The summed E-state index contributed by atoms with van der Waals surface area (Å²) in [5, 5.41) is 0.298. The van der Waals surface area contributed by atoms with Crippen LogP contribution in [0, 0.1) is 5.82 Å². The molecule has 1 aromatic rings. The zero-order valence-electron chi connectivity index (χ0n) is 11.2. The fourth-order valence-electron chi connectivity index (χ4n) is 2.18. The van der Waals surface area contributed by atoms with Crippen molar-refractivity contribution in [3.8, 4) is 0 Å². The highest BCUT2D eigenvalue weighted by Gasteiger charge is 2.31. The van der Waals surface area contributed by atoms with Gasteiger partial charge in [-0.3, -0.25) is 0 Å². The highest BCUT2D eigenvalue weighted by molar-refractivity contribution is 8.00. The molecule has 0 N–H and O–H groups in total. The van der Waals surface area contributed by atoms with Crippen molar-refractivity contribution < 1.29 is 12.8 Å². The first-order valence-corrected chi connectivity index (χ1v) is 9.47. The van der Waals surface area contributed by atoms with Crippen molar-refractivity contribution in [2.45, 2.75) is 29.4 Å². The fraction of sp³-hybridized carbons (Fsp3) is 0.538. The van der Waals surface area contributed by atoms with Gasteiger partial charge in [-0.1, -0.05) is 13.0 Å². The van der Waals surface area contributed by atoms with E-state index in [1.807, 2.05) is 6.92 Å². The van der Waals surface area contributed by atoms with Crippen molar-refractivity contribution in [3.63, 3.8) is 0 Å². The third-order valence-corrected chi connectivity index (χ3v) is 6.96. The average Bonchev–Trinajstić information content (AvgIpc) is 2.47. The van der Waals surface area contributed by atoms with E-state index in [1.165, 1.54) is 16.4 Å². The van der Waals surface area contributed by atoms with Crippen LogP contribution in [0.25, 0.3) is 0 Å². The second kappa shape index (κ2) is 6.64. The normalized spacial score (nSPS) is 21.1. The van der Waals surface area contributed by atoms with E-state index in [0.717, 1.165) is 18.2 Å². The van der Waals surface area contributed by atoms with Gasteiger partial charge in [-0.25, -0.2) is 12.8 Å². The van der Waals surface area contributed by atoms with Crippen LogP contribution in [-0.2, 0) is 15.9 Å². The molecule has 0 aliphatic carbocycles. The first-order chi connectivity index (χ1) is 9.48. The maximum Gasteiger partial charge on any atom is 0.243 e. The van der Waals surface area contributed by atoms with Crippen LogP contribution in [0.2, 0.25) is 0 Å². The molecule has 2 rings (SSSR count). The Hall–Kier alpha value is -0.300. The Morgan fingerprint density at radius 1 is 1.50 bits per heavy atom. The highest BCUT2D eigenvalue weighted by atomic mass is 35.5. The Balaban J connectivity index is 2.37.